The lowest BCUT2D eigenvalue weighted by atomic mass is 9.82. The second kappa shape index (κ2) is 9.91. The number of fused-ring (bicyclic) bond motifs is 1. The molecule has 2 unspecified atom stereocenters. The molecule has 2 fully saturated rings. The van der Waals surface area contributed by atoms with Crippen LogP contribution in [0.15, 0.2) is 55.3 Å². The van der Waals surface area contributed by atoms with Gasteiger partial charge in [0.25, 0.3) is 0 Å². The van der Waals surface area contributed by atoms with Gasteiger partial charge in [0.15, 0.2) is 0 Å². The first-order valence-electron chi connectivity index (χ1n) is 13.4. The van der Waals surface area contributed by atoms with Crippen LogP contribution >= 0.6 is 0 Å². The number of piperidine rings is 1. The summed E-state index contributed by atoms with van der Waals surface area (Å²) < 4.78 is 1.91. The zero-order valence-corrected chi connectivity index (χ0v) is 22.2. The first-order valence-corrected chi connectivity index (χ1v) is 13.4. The van der Waals surface area contributed by atoms with Crippen molar-refractivity contribution in [2.45, 2.75) is 43.3 Å². The Hall–Kier alpha value is -4.50. The van der Waals surface area contributed by atoms with Crippen molar-refractivity contribution in [2.24, 2.45) is 5.92 Å². The molecule has 3 aromatic heterocycles. The minimum atomic E-state index is -0.982. The van der Waals surface area contributed by atoms with E-state index in [9.17, 15) is 20.0 Å². The number of carboxylic acid groups (broad SMARTS) is 1. The Balaban J connectivity index is 1.08. The van der Waals surface area contributed by atoms with Crippen LogP contribution in [0.2, 0.25) is 0 Å². The van der Waals surface area contributed by atoms with Crippen LogP contribution in [-0.2, 0) is 10.3 Å². The number of amides is 2. The summed E-state index contributed by atoms with van der Waals surface area (Å²) in [5.41, 5.74) is 1.05. The first kappa shape index (κ1) is 25.8. The Labute approximate surface area is 231 Å². The molecule has 0 radical (unpaired) electrons. The third-order valence-electron chi connectivity index (χ3n) is 8.51. The second-order valence-electron chi connectivity index (χ2n) is 11.1. The predicted molar refractivity (Wildman–Crippen MR) is 146 cm³/mol. The van der Waals surface area contributed by atoms with Gasteiger partial charge in [-0.05, 0) is 25.8 Å². The standard InChI is InChI=1S/C28H31N9O3/c1-27(8-3-2-4-22(27)25(38)39)34-26(40)35-12-6-20(7-13-35)36-16-28(17-36,9-10-29)37-15-19(14-33-37)23-21-5-11-30-24(21)32-18-31-23/h2-5,8,11,14-15,18,20,22H,6-7,9,12-13,16-17H2,1H3,(H,34,40)(H,38,39)(H,30,31,32). The van der Waals surface area contributed by atoms with Crippen LogP contribution in [-0.4, -0.2) is 89.4 Å². The molecule has 2 amide bonds. The third-order valence-corrected chi connectivity index (χ3v) is 8.51. The third kappa shape index (κ3) is 4.42. The smallest absolute Gasteiger partial charge is 0.318 e. The van der Waals surface area contributed by atoms with Crippen LogP contribution in [0.1, 0.15) is 26.2 Å². The first-order chi connectivity index (χ1) is 19.3. The topological polar surface area (TPSA) is 156 Å². The summed E-state index contributed by atoms with van der Waals surface area (Å²) in [4.78, 5) is 40.7. The average Bonchev–Trinajstić information content (AvgIpc) is 3.61. The highest BCUT2D eigenvalue weighted by Gasteiger charge is 2.48. The van der Waals surface area contributed by atoms with Gasteiger partial charge in [0.05, 0.1) is 29.9 Å². The molecule has 12 nitrogen and oxygen atoms in total. The second-order valence-corrected chi connectivity index (χ2v) is 11.1. The highest BCUT2D eigenvalue weighted by Crippen LogP contribution is 2.37. The summed E-state index contributed by atoms with van der Waals surface area (Å²) in [6.07, 6.45) is 15.9. The molecule has 2 aliphatic heterocycles. The largest absolute Gasteiger partial charge is 0.481 e. The van der Waals surface area contributed by atoms with Gasteiger partial charge in [-0.1, -0.05) is 24.3 Å². The number of allylic oxidation sites excluding steroid dienone is 2. The number of urea groups is 1. The molecule has 3 N–H and O–H groups in total. The number of aromatic amines is 1. The molecule has 12 heteroatoms. The van der Waals surface area contributed by atoms with E-state index in [4.69, 9.17) is 0 Å². The van der Waals surface area contributed by atoms with Crippen molar-refractivity contribution in [3.05, 3.63) is 55.3 Å². The van der Waals surface area contributed by atoms with Crippen molar-refractivity contribution in [1.29, 1.82) is 5.26 Å². The number of likely N-dealkylation sites (tertiary alicyclic amines) is 2. The van der Waals surface area contributed by atoms with Crippen LogP contribution in [0.25, 0.3) is 22.3 Å². The minimum Gasteiger partial charge on any atom is -0.481 e. The number of rotatable bonds is 6. The van der Waals surface area contributed by atoms with E-state index >= 15 is 0 Å². The Morgan fingerprint density at radius 3 is 2.80 bits per heavy atom. The number of aliphatic carboxylic acids is 1. The zero-order valence-electron chi connectivity index (χ0n) is 22.2. The Kier molecular flexibility index (Phi) is 6.38. The van der Waals surface area contributed by atoms with E-state index in [1.165, 1.54) is 6.33 Å². The number of aromatic nitrogens is 5. The Morgan fingerprint density at radius 1 is 1.25 bits per heavy atom. The van der Waals surface area contributed by atoms with Crippen molar-refractivity contribution in [3.63, 3.8) is 0 Å². The molecule has 3 aromatic rings. The van der Waals surface area contributed by atoms with Gasteiger partial charge in [-0.2, -0.15) is 10.4 Å². The van der Waals surface area contributed by atoms with E-state index in [0.29, 0.717) is 38.6 Å². The van der Waals surface area contributed by atoms with E-state index in [0.717, 1.165) is 35.1 Å². The van der Waals surface area contributed by atoms with Crippen LogP contribution in [0.3, 0.4) is 0 Å². The Bertz CT molecular complexity index is 1540. The van der Waals surface area contributed by atoms with Gasteiger partial charge in [0.2, 0.25) is 0 Å². The van der Waals surface area contributed by atoms with Crippen molar-refractivity contribution in [1.82, 2.24) is 39.8 Å². The lowest BCUT2D eigenvalue weighted by Crippen LogP contribution is -2.66. The van der Waals surface area contributed by atoms with Crippen molar-refractivity contribution in [3.8, 4) is 17.3 Å². The maximum Gasteiger partial charge on any atom is 0.318 e. The van der Waals surface area contributed by atoms with Crippen molar-refractivity contribution in [2.75, 3.05) is 26.2 Å². The van der Waals surface area contributed by atoms with Gasteiger partial charge < -0.3 is 20.3 Å². The molecule has 0 bridgehead atoms. The highest BCUT2D eigenvalue weighted by atomic mass is 16.4. The quantitative estimate of drug-likeness (QED) is 0.430. The normalized spacial score (nSPS) is 24.5. The molecule has 1 aliphatic carbocycles. The average molecular weight is 542 g/mol. The van der Waals surface area contributed by atoms with Gasteiger partial charge in [0.1, 0.15) is 23.4 Å². The number of carbonyl (C=O) groups is 2. The lowest BCUT2D eigenvalue weighted by molar-refractivity contribution is -0.141. The summed E-state index contributed by atoms with van der Waals surface area (Å²) >= 11 is 0. The number of H-pyrrole nitrogens is 1. The number of carbonyl (C=O) groups excluding carboxylic acids is 1. The molecule has 0 spiro atoms. The van der Waals surface area contributed by atoms with Crippen LogP contribution < -0.4 is 5.32 Å². The van der Waals surface area contributed by atoms with E-state index in [1.807, 2.05) is 23.1 Å². The highest BCUT2D eigenvalue weighted by molar-refractivity contribution is 5.90. The monoisotopic (exact) mass is 541 g/mol. The summed E-state index contributed by atoms with van der Waals surface area (Å²) in [5, 5.41) is 27.7. The number of nitrogens with zero attached hydrogens (tertiary/aromatic N) is 7. The molecule has 2 atom stereocenters. The maximum atomic E-state index is 13.0. The molecule has 40 heavy (non-hydrogen) atoms. The number of nitriles is 1. The molecule has 206 valence electrons. The predicted octanol–water partition coefficient (Wildman–Crippen LogP) is 2.51. The van der Waals surface area contributed by atoms with Crippen LogP contribution in [0, 0.1) is 17.2 Å². The van der Waals surface area contributed by atoms with Crippen LogP contribution in [0.5, 0.6) is 0 Å². The number of carboxylic acids is 1. The molecule has 6 rings (SSSR count). The molecule has 5 heterocycles. The van der Waals surface area contributed by atoms with Gasteiger partial charge >= 0.3 is 12.0 Å². The summed E-state index contributed by atoms with van der Waals surface area (Å²) in [6.45, 7) is 4.31. The molecule has 2 saturated heterocycles. The molecular formula is C28H31N9O3. The fourth-order valence-corrected chi connectivity index (χ4v) is 6.20. The summed E-state index contributed by atoms with van der Waals surface area (Å²) in [7, 11) is 0. The van der Waals surface area contributed by atoms with E-state index in [2.05, 4.69) is 36.3 Å². The Morgan fingerprint density at radius 2 is 2.05 bits per heavy atom. The van der Waals surface area contributed by atoms with Crippen molar-refractivity contribution < 1.29 is 14.7 Å². The fourth-order valence-electron chi connectivity index (χ4n) is 6.20. The maximum absolute atomic E-state index is 13.0. The van der Waals surface area contributed by atoms with E-state index in [-0.39, 0.29) is 6.03 Å². The van der Waals surface area contributed by atoms with E-state index in [1.54, 1.807) is 42.3 Å². The zero-order chi connectivity index (χ0) is 27.9. The summed E-state index contributed by atoms with van der Waals surface area (Å²) in [6, 6.07) is 4.34. The minimum absolute atomic E-state index is 0.250. The summed E-state index contributed by atoms with van der Waals surface area (Å²) in [5.74, 6) is -1.79. The number of hydrogen-bond acceptors (Lipinski definition) is 7. The number of nitrogens with one attached hydrogen (secondary N) is 2. The molecule has 0 aromatic carbocycles. The van der Waals surface area contributed by atoms with Gasteiger partial charge in [-0.15, -0.1) is 0 Å². The molecule has 3 aliphatic rings. The SMILES string of the molecule is CC1(NC(=O)N2CCC(N3CC(CC#N)(n4cc(-c5ncnc6[nH]ccc56)cn4)C3)CC2)C=CC=CC1C(=O)O. The van der Waals surface area contributed by atoms with Gasteiger partial charge in [0, 0.05) is 55.6 Å². The van der Waals surface area contributed by atoms with E-state index < -0.39 is 23.0 Å². The molecule has 0 saturated carbocycles. The molecular weight excluding hydrogens is 510 g/mol. The van der Waals surface area contributed by atoms with Gasteiger partial charge in [-0.25, -0.2) is 14.8 Å². The lowest BCUT2D eigenvalue weighted by Gasteiger charge is -2.53. The van der Waals surface area contributed by atoms with Crippen molar-refractivity contribution >= 4 is 23.0 Å². The van der Waals surface area contributed by atoms with Crippen LogP contribution in [0.4, 0.5) is 4.79 Å². The number of hydrogen-bond donors (Lipinski definition) is 3. The van der Waals surface area contributed by atoms with Gasteiger partial charge in [-0.3, -0.25) is 14.4 Å². The fraction of sp³-hybridized carbons (Fsp3) is 0.429.